The number of aryl methyl sites for hydroxylation is 1. The normalized spacial score (nSPS) is 12.7. The number of rotatable bonds is 18. The zero-order valence-electron chi connectivity index (χ0n) is 31.8. The fourth-order valence-electron chi connectivity index (χ4n) is 5.72. The number of ketones is 1. The number of Topliss-reactive ketones (excluding diaryl/α,β-unsaturated/α-hetero) is 1. The van der Waals surface area contributed by atoms with Crippen LogP contribution in [-0.4, -0.2) is 82.3 Å². The van der Waals surface area contributed by atoms with Crippen LogP contribution in [0.2, 0.25) is 0 Å². The summed E-state index contributed by atoms with van der Waals surface area (Å²) in [4.78, 5) is 96.1. The van der Waals surface area contributed by atoms with E-state index in [1.165, 1.54) is 6.20 Å². The average Bonchev–Trinajstić information content (AvgIpc) is 3.60. The SMILES string of the molecule is Cc1ccc(CNC(=O)[C@H](Cc2ccccc2)NC(=O)[C@H](CCC(=O)NC(C)(C)C)NC(=O)[C@H](CNC(=O)CCl)NC(=O)C(=O)c2c[nH]c3ccccc23)cc1. The predicted octanol–water partition coefficient (Wildman–Crippen LogP) is 2.72. The number of hydrogen-bond acceptors (Lipinski definition) is 7. The number of carbonyl (C=O) groups is 7. The third-order valence-corrected chi connectivity index (χ3v) is 8.84. The van der Waals surface area contributed by atoms with E-state index in [0.717, 1.165) is 16.7 Å². The molecule has 1 aromatic heterocycles. The van der Waals surface area contributed by atoms with Gasteiger partial charge in [-0.2, -0.15) is 0 Å². The van der Waals surface area contributed by atoms with Crippen molar-refractivity contribution in [2.24, 2.45) is 0 Å². The second-order valence-corrected chi connectivity index (χ2v) is 14.7. The van der Waals surface area contributed by atoms with Crippen LogP contribution in [0.25, 0.3) is 10.9 Å². The topological polar surface area (TPSA) is 207 Å². The summed E-state index contributed by atoms with van der Waals surface area (Å²) < 4.78 is 0. The Bertz CT molecular complexity index is 2030. The molecule has 14 nitrogen and oxygen atoms in total. The van der Waals surface area contributed by atoms with E-state index in [1.807, 2.05) is 49.4 Å². The molecule has 296 valence electrons. The lowest BCUT2D eigenvalue weighted by molar-refractivity contribution is -0.134. The standard InChI is InChI=1S/C41H48ClN7O7/c1-25-14-16-27(17-15-25)22-45-37(53)32(20-26-10-6-5-7-11-26)47-38(54)31(18-19-34(50)49-41(2,3)4)46-39(55)33(24-44-35(51)21-42)48-40(56)36(52)29-23-43-30-13-9-8-12-28(29)30/h5-17,23,31-33,43H,18-22,24H2,1-4H3,(H,44,51)(H,45,53)(H,46,55)(H,47,54)(H,48,56)(H,49,50)/t31-,32-,33-/m0/s1. The maximum Gasteiger partial charge on any atom is 0.293 e. The first-order chi connectivity index (χ1) is 26.6. The van der Waals surface area contributed by atoms with Gasteiger partial charge in [0.15, 0.2) is 0 Å². The Morgan fingerprint density at radius 1 is 0.696 bits per heavy atom. The third-order valence-electron chi connectivity index (χ3n) is 8.60. The van der Waals surface area contributed by atoms with Gasteiger partial charge in [-0.05, 0) is 51.3 Å². The van der Waals surface area contributed by atoms with E-state index in [9.17, 15) is 33.6 Å². The lowest BCUT2D eigenvalue weighted by Crippen LogP contribution is -2.59. The highest BCUT2D eigenvalue weighted by Crippen LogP contribution is 2.18. The molecule has 0 spiro atoms. The number of alkyl halides is 1. The molecule has 1 heterocycles. The Kier molecular flexibility index (Phi) is 15.3. The summed E-state index contributed by atoms with van der Waals surface area (Å²) in [6, 6.07) is 19.4. The van der Waals surface area contributed by atoms with Gasteiger partial charge in [0.1, 0.15) is 24.0 Å². The smallest absolute Gasteiger partial charge is 0.293 e. The van der Waals surface area contributed by atoms with Crippen molar-refractivity contribution >= 4 is 63.7 Å². The third kappa shape index (κ3) is 13.1. The van der Waals surface area contributed by atoms with E-state index in [2.05, 4.69) is 36.9 Å². The van der Waals surface area contributed by atoms with Crippen LogP contribution in [0.5, 0.6) is 0 Å². The molecule has 4 rings (SSSR count). The molecule has 0 aliphatic rings. The summed E-state index contributed by atoms with van der Waals surface area (Å²) >= 11 is 5.65. The van der Waals surface area contributed by atoms with E-state index in [0.29, 0.717) is 10.9 Å². The molecule has 15 heteroatoms. The van der Waals surface area contributed by atoms with Gasteiger partial charge in [-0.1, -0.05) is 78.4 Å². The molecule has 0 saturated heterocycles. The Balaban J connectivity index is 1.57. The van der Waals surface area contributed by atoms with E-state index in [-0.39, 0.29) is 31.4 Å². The first-order valence-electron chi connectivity index (χ1n) is 18.2. The number of amides is 6. The van der Waals surface area contributed by atoms with Gasteiger partial charge in [-0.3, -0.25) is 33.6 Å². The van der Waals surface area contributed by atoms with Crippen LogP contribution in [0.4, 0.5) is 0 Å². The van der Waals surface area contributed by atoms with Gasteiger partial charge < -0.3 is 36.9 Å². The molecule has 0 saturated carbocycles. The molecule has 0 bridgehead atoms. The lowest BCUT2D eigenvalue weighted by Gasteiger charge is -2.26. The molecular weight excluding hydrogens is 738 g/mol. The lowest BCUT2D eigenvalue weighted by atomic mass is 10.0. The molecule has 3 atom stereocenters. The molecule has 0 unspecified atom stereocenters. The van der Waals surface area contributed by atoms with Crippen molar-refractivity contribution in [3.63, 3.8) is 0 Å². The number of carbonyl (C=O) groups excluding carboxylic acids is 7. The van der Waals surface area contributed by atoms with Gasteiger partial charge in [0.25, 0.3) is 11.7 Å². The van der Waals surface area contributed by atoms with Gasteiger partial charge in [0, 0.05) is 48.6 Å². The molecule has 0 aliphatic carbocycles. The van der Waals surface area contributed by atoms with E-state index in [4.69, 9.17) is 11.6 Å². The van der Waals surface area contributed by atoms with Crippen molar-refractivity contribution in [3.8, 4) is 0 Å². The Morgan fingerprint density at radius 3 is 2.02 bits per heavy atom. The second-order valence-electron chi connectivity index (χ2n) is 14.4. The number of aromatic nitrogens is 1. The van der Waals surface area contributed by atoms with Crippen molar-refractivity contribution < 1.29 is 33.6 Å². The highest BCUT2D eigenvalue weighted by atomic mass is 35.5. The molecule has 56 heavy (non-hydrogen) atoms. The second kappa shape index (κ2) is 20.1. The van der Waals surface area contributed by atoms with Crippen molar-refractivity contribution in [2.75, 3.05) is 12.4 Å². The summed E-state index contributed by atoms with van der Waals surface area (Å²) in [5.41, 5.74) is 2.76. The van der Waals surface area contributed by atoms with E-state index in [1.54, 1.807) is 57.2 Å². The number of para-hydroxylation sites is 1. The minimum absolute atomic E-state index is 0.0641. The zero-order chi connectivity index (χ0) is 40.8. The largest absolute Gasteiger partial charge is 0.360 e. The summed E-state index contributed by atoms with van der Waals surface area (Å²) in [6.07, 6.45) is 1.09. The number of benzene rings is 3. The molecule has 7 N–H and O–H groups in total. The van der Waals surface area contributed by atoms with Gasteiger partial charge in [0.2, 0.25) is 29.5 Å². The minimum atomic E-state index is -1.56. The number of fused-ring (bicyclic) bond motifs is 1. The highest BCUT2D eigenvalue weighted by molar-refractivity contribution is 6.45. The van der Waals surface area contributed by atoms with Gasteiger partial charge in [0.05, 0.1) is 5.56 Å². The van der Waals surface area contributed by atoms with Gasteiger partial charge in [-0.25, -0.2) is 0 Å². The number of hydrogen-bond donors (Lipinski definition) is 7. The van der Waals surface area contributed by atoms with E-state index < -0.39 is 77.3 Å². The van der Waals surface area contributed by atoms with Crippen molar-refractivity contribution in [2.45, 2.75) is 77.2 Å². The van der Waals surface area contributed by atoms with Crippen LogP contribution in [0.15, 0.2) is 85.1 Å². The van der Waals surface area contributed by atoms with Crippen LogP contribution >= 0.6 is 11.6 Å². The monoisotopic (exact) mass is 785 g/mol. The maximum absolute atomic E-state index is 14.1. The Hall–Kier alpha value is -6.02. The first kappa shape index (κ1) is 42.7. The number of aromatic amines is 1. The fourth-order valence-corrected chi connectivity index (χ4v) is 5.82. The molecule has 0 radical (unpaired) electrons. The molecule has 4 aromatic rings. The fraction of sp³-hybridized carbons (Fsp3) is 0.341. The molecule has 0 fully saturated rings. The summed E-state index contributed by atoms with van der Waals surface area (Å²) in [5, 5.41) is 16.3. The van der Waals surface area contributed by atoms with Crippen LogP contribution in [-0.2, 0) is 41.7 Å². The van der Waals surface area contributed by atoms with Crippen LogP contribution in [0, 0.1) is 6.92 Å². The zero-order valence-corrected chi connectivity index (χ0v) is 32.5. The first-order valence-corrected chi connectivity index (χ1v) is 18.7. The molecular formula is C41H48ClN7O7. The number of halogens is 1. The van der Waals surface area contributed by atoms with Crippen LogP contribution in [0.3, 0.4) is 0 Å². The van der Waals surface area contributed by atoms with Gasteiger partial charge in [-0.15, -0.1) is 11.6 Å². The maximum atomic E-state index is 14.1. The Morgan fingerprint density at radius 2 is 1.34 bits per heavy atom. The molecule has 3 aromatic carbocycles. The molecule has 6 amide bonds. The van der Waals surface area contributed by atoms with Gasteiger partial charge >= 0.3 is 0 Å². The number of nitrogens with one attached hydrogen (secondary N) is 7. The Labute approximate surface area is 330 Å². The number of H-pyrrole nitrogens is 1. The van der Waals surface area contributed by atoms with E-state index >= 15 is 0 Å². The molecule has 0 aliphatic heterocycles. The summed E-state index contributed by atoms with van der Waals surface area (Å²) in [7, 11) is 0. The van der Waals surface area contributed by atoms with Crippen molar-refractivity contribution in [3.05, 3.63) is 107 Å². The minimum Gasteiger partial charge on any atom is -0.360 e. The summed E-state index contributed by atoms with van der Waals surface area (Å²) in [6.45, 7) is 7.04. The highest BCUT2D eigenvalue weighted by Gasteiger charge is 2.32. The van der Waals surface area contributed by atoms with Crippen molar-refractivity contribution in [1.82, 2.24) is 36.9 Å². The average molecular weight is 786 g/mol. The quantitative estimate of drug-likeness (QED) is 0.0456. The van der Waals surface area contributed by atoms with Crippen LogP contribution in [0.1, 0.15) is 60.7 Å². The van der Waals surface area contributed by atoms with Crippen LogP contribution < -0.4 is 31.9 Å². The predicted molar refractivity (Wildman–Crippen MR) is 212 cm³/mol. The van der Waals surface area contributed by atoms with Crippen molar-refractivity contribution in [1.29, 1.82) is 0 Å². The summed E-state index contributed by atoms with van der Waals surface area (Å²) in [5.74, 6) is -5.80.